The number of rotatable bonds is 5. The summed E-state index contributed by atoms with van der Waals surface area (Å²) < 4.78 is 27.6. The van der Waals surface area contributed by atoms with Crippen LogP contribution in [0.5, 0.6) is 0 Å². The van der Waals surface area contributed by atoms with E-state index in [1.807, 2.05) is 18.2 Å². The number of hydrogen-bond acceptors (Lipinski definition) is 4. The summed E-state index contributed by atoms with van der Waals surface area (Å²) in [5.41, 5.74) is 2.16. The first-order valence-electron chi connectivity index (χ1n) is 10.1. The van der Waals surface area contributed by atoms with Gasteiger partial charge >= 0.3 is 5.97 Å². The molecule has 0 aromatic heterocycles. The highest BCUT2D eigenvalue weighted by molar-refractivity contribution is 7.92. The third-order valence-electron chi connectivity index (χ3n) is 5.97. The van der Waals surface area contributed by atoms with Crippen LogP contribution in [-0.2, 0) is 26.0 Å². The van der Waals surface area contributed by atoms with Crippen molar-refractivity contribution in [2.24, 2.45) is 11.8 Å². The van der Waals surface area contributed by atoms with E-state index in [1.54, 1.807) is 18.2 Å². The second kappa shape index (κ2) is 8.10. The van der Waals surface area contributed by atoms with E-state index in [2.05, 4.69) is 5.32 Å². The van der Waals surface area contributed by atoms with Crippen molar-refractivity contribution < 1.29 is 23.1 Å². The van der Waals surface area contributed by atoms with Crippen LogP contribution in [-0.4, -0.2) is 31.9 Å². The van der Waals surface area contributed by atoms with Gasteiger partial charge in [-0.2, -0.15) is 0 Å². The summed E-state index contributed by atoms with van der Waals surface area (Å²) in [6, 6.07) is 13.5. The van der Waals surface area contributed by atoms with Crippen molar-refractivity contribution in [1.29, 1.82) is 0 Å². The molecule has 8 heteroatoms. The van der Waals surface area contributed by atoms with E-state index in [9.17, 15) is 23.1 Å². The standard InChI is InChI=1S/C22H24N2O5S/c25-21(18-6-2-3-7-19(18)22(26)27)23-16-9-11-17(12-10-16)30(28,29)24-14-13-15-5-1-4-8-20(15)24/h1,4-5,8-12,18-19H,2-3,6-7,13-14H2,(H,23,25)(H,26,27)/t18-,19-/m0/s1. The van der Waals surface area contributed by atoms with Crippen LogP contribution >= 0.6 is 0 Å². The Bertz CT molecular complexity index is 1070. The van der Waals surface area contributed by atoms with Crippen molar-refractivity contribution in [1.82, 2.24) is 0 Å². The minimum atomic E-state index is -3.69. The zero-order valence-electron chi connectivity index (χ0n) is 16.5. The van der Waals surface area contributed by atoms with Crippen molar-refractivity contribution in [2.75, 3.05) is 16.2 Å². The predicted molar refractivity (Wildman–Crippen MR) is 113 cm³/mol. The van der Waals surface area contributed by atoms with Crippen LogP contribution in [0.3, 0.4) is 0 Å². The summed E-state index contributed by atoms with van der Waals surface area (Å²) >= 11 is 0. The van der Waals surface area contributed by atoms with Crippen LogP contribution in [0.25, 0.3) is 0 Å². The molecule has 2 aliphatic rings. The normalized spacial score (nSPS) is 21.1. The molecule has 0 unspecified atom stereocenters. The number of nitrogens with one attached hydrogen (secondary N) is 1. The highest BCUT2D eigenvalue weighted by Crippen LogP contribution is 2.34. The molecule has 4 rings (SSSR count). The van der Waals surface area contributed by atoms with Crippen molar-refractivity contribution in [2.45, 2.75) is 37.0 Å². The van der Waals surface area contributed by atoms with E-state index in [4.69, 9.17) is 0 Å². The molecule has 0 radical (unpaired) electrons. The van der Waals surface area contributed by atoms with Gasteiger partial charge in [0.25, 0.3) is 10.0 Å². The molecule has 2 aromatic rings. The lowest BCUT2D eigenvalue weighted by Crippen LogP contribution is -2.36. The summed E-state index contributed by atoms with van der Waals surface area (Å²) in [7, 11) is -3.69. The highest BCUT2D eigenvalue weighted by atomic mass is 32.2. The van der Waals surface area contributed by atoms with Crippen LogP contribution < -0.4 is 9.62 Å². The minimum Gasteiger partial charge on any atom is -0.481 e. The molecule has 1 fully saturated rings. The van der Waals surface area contributed by atoms with Gasteiger partial charge in [-0.15, -0.1) is 0 Å². The Morgan fingerprint density at radius 3 is 2.33 bits per heavy atom. The van der Waals surface area contributed by atoms with Gasteiger partial charge in [-0.05, 0) is 55.2 Å². The quantitative estimate of drug-likeness (QED) is 0.761. The van der Waals surface area contributed by atoms with Crippen molar-refractivity contribution in [3.63, 3.8) is 0 Å². The van der Waals surface area contributed by atoms with E-state index in [0.717, 1.165) is 18.4 Å². The Hall–Kier alpha value is -2.87. The Labute approximate surface area is 175 Å². The first-order chi connectivity index (χ1) is 14.4. The molecule has 158 valence electrons. The Morgan fingerprint density at radius 1 is 0.967 bits per heavy atom. The second-order valence-corrected chi connectivity index (χ2v) is 9.67. The fraction of sp³-hybridized carbons (Fsp3) is 0.364. The van der Waals surface area contributed by atoms with Crippen LogP contribution in [0.15, 0.2) is 53.4 Å². The average molecular weight is 429 g/mol. The van der Waals surface area contributed by atoms with Gasteiger partial charge in [0, 0.05) is 12.2 Å². The molecule has 1 heterocycles. The molecule has 1 amide bonds. The van der Waals surface area contributed by atoms with Gasteiger partial charge in [0.1, 0.15) is 0 Å². The summed E-state index contributed by atoms with van der Waals surface area (Å²) in [5, 5.41) is 12.1. The Balaban J connectivity index is 1.49. The molecule has 0 bridgehead atoms. The number of fused-ring (bicyclic) bond motifs is 1. The predicted octanol–water partition coefficient (Wildman–Crippen LogP) is 3.27. The molecule has 2 aromatic carbocycles. The molecule has 1 aliphatic heterocycles. The number of nitrogens with zero attached hydrogens (tertiary/aromatic N) is 1. The van der Waals surface area contributed by atoms with Crippen LogP contribution in [0.1, 0.15) is 31.2 Å². The topological polar surface area (TPSA) is 104 Å². The number of hydrogen-bond donors (Lipinski definition) is 2. The van der Waals surface area contributed by atoms with Gasteiger partial charge in [-0.25, -0.2) is 8.42 Å². The maximum Gasteiger partial charge on any atom is 0.307 e. The van der Waals surface area contributed by atoms with Gasteiger partial charge in [0.2, 0.25) is 5.91 Å². The summed E-state index contributed by atoms with van der Waals surface area (Å²) in [4.78, 5) is 24.2. The molecule has 1 aliphatic carbocycles. The van der Waals surface area contributed by atoms with Crippen LogP contribution in [0.4, 0.5) is 11.4 Å². The molecule has 0 saturated heterocycles. The van der Waals surface area contributed by atoms with E-state index in [-0.39, 0.29) is 10.8 Å². The Kier molecular flexibility index (Phi) is 5.51. The first kappa shape index (κ1) is 20.4. The van der Waals surface area contributed by atoms with E-state index in [1.165, 1.54) is 16.4 Å². The number of carbonyl (C=O) groups excluding carboxylic acids is 1. The third kappa shape index (κ3) is 3.79. The van der Waals surface area contributed by atoms with Crippen molar-refractivity contribution in [3.05, 3.63) is 54.1 Å². The number of anilines is 2. The highest BCUT2D eigenvalue weighted by Gasteiger charge is 2.36. The summed E-state index contributed by atoms with van der Waals surface area (Å²) in [5.74, 6) is -2.51. The number of amides is 1. The number of carbonyl (C=O) groups is 2. The zero-order valence-corrected chi connectivity index (χ0v) is 17.3. The molecule has 7 nitrogen and oxygen atoms in total. The molecular formula is C22H24N2O5S. The molecular weight excluding hydrogens is 404 g/mol. The second-order valence-electron chi connectivity index (χ2n) is 7.81. The van der Waals surface area contributed by atoms with Gasteiger partial charge in [0.15, 0.2) is 0 Å². The molecule has 1 saturated carbocycles. The largest absolute Gasteiger partial charge is 0.481 e. The van der Waals surface area contributed by atoms with E-state index in [0.29, 0.717) is 37.2 Å². The number of carboxylic acids is 1. The molecule has 0 spiro atoms. The van der Waals surface area contributed by atoms with Crippen molar-refractivity contribution >= 4 is 33.3 Å². The van der Waals surface area contributed by atoms with Gasteiger partial charge in [0.05, 0.1) is 22.4 Å². The van der Waals surface area contributed by atoms with E-state index < -0.39 is 27.8 Å². The Morgan fingerprint density at radius 2 is 1.63 bits per heavy atom. The maximum absolute atomic E-state index is 13.1. The number of benzene rings is 2. The number of para-hydroxylation sites is 1. The van der Waals surface area contributed by atoms with E-state index >= 15 is 0 Å². The first-order valence-corrected chi connectivity index (χ1v) is 11.6. The number of aliphatic carboxylic acids is 1. The lowest BCUT2D eigenvalue weighted by molar-refractivity contribution is -0.147. The minimum absolute atomic E-state index is 0.151. The fourth-order valence-electron chi connectivity index (χ4n) is 4.37. The van der Waals surface area contributed by atoms with Gasteiger partial charge in [-0.3, -0.25) is 13.9 Å². The van der Waals surface area contributed by atoms with Gasteiger partial charge < -0.3 is 10.4 Å². The molecule has 2 atom stereocenters. The summed E-state index contributed by atoms with van der Waals surface area (Å²) in [6.45, 7) is 0.401. The fourth-order valence-corrected chi connectivity index (χ4v) is 5.87. The molecule has 30 heavy (non-hydrogen) atoms. The molecule has 2 N–H and O–H groups in total. The monoisotopic (exact) mass is 428 g/mol. The van der Waals surface area contributed by atoms with Crippen LogP contribution in [0.2, 0.25) is 0 Å². The third-order valence-corrected chi connectivity index (χ3v) is 7.80. The summed E-state index contributed by atoms with van der Waals surface area (Å²) in [6.07, 6.45) is 3.37. The lowest BCUT2D eigenvalue weighted by atomic mass is 9.78. The number of sulfonamides is 1. The average Bonchev–Trinajstić information content (AvgIpc) is 3.19. The zero-order chi connectivity index (χ0) is 21.3. The van der Waals surface area contributed by atoms with Crippen molar-refractivity contribution in [3.8, 4) is 0 Å². The number of carboxylic acid groups (broad SMARTS) is 1. The van der Waals surface area contributed by atoms with Crippen LogP contribution in [0, 0.1) is 11.8 Å². The van der Waals surface area contributed by atoms with Gasteiger partial charge in [-0.1, -0.05) is 31.0 Å². The smallest absolute Gasteiger partial charge is 0.307 e. The SMILES string of the molecule is O=C(O)[C@H]1CCCC[C@@H]1C(=O)Nc1ccc(S(=O)(=O)N2CCc3ccccc32)cc1. The maximum atomic E-state index is 13.1. The lowest BCUT2D eigenvalue weighted by Gasteiger charge is -2.27.